The second-order valence-electron chi connectivity index (χ2n) is 2.31. The highest BCUT2D eigenvalue weighted by Gasteiger charge is 1.98. The minimum absolute atomic E-state index is 0.613. The lowest BCUT2D eigenvalue weighted by molar-refractivity contribution is 0.680. The van der Waals surface area contributed by atoms with Gasteiger partial charge < -0.3 is 0 Å². The van der Waals surface area contributed by atoms with E-state index in [2.05, 4.69) is 32.2 Å². The first-order chi connectivity index (χ1) is 4.31. The number of hydrogen-bond donors (Lipinski definition) is 2. The molecule has 0 saturated carbocycles. The second kappa shape index (κ2) is 6.81. The first-order valence-electron chi connectivity index (χ1n) is 3.60. The molecule has 0 N–H and O–H groups in total. The van der Waals surface area contributed by atoms with Crippen LogP contribution in [0.25, 0.3) is 0 Å². The quantitative estimate of drug-likeness (QED) is 0.574. The van der Waals surface area contributed by atoms with Crippen LogP contribution in [0.1, 0.15) is 32.6 Å². The van der Waals surface area contributed by atoms with Crippen molar-refractivity contribution in [2.24, 2.45) is 0 Å². The van der Waals surface area contributed by atoms with Gasteiger partial charge in [0, 0.05) is 5.25 Å². The van der Waals surface area contributed by atoms with Crippen molar-refractivity contribution in [1.82, 2.24) is 0 Å². The molecule has 0 aliphatic rings. The zero-order chi connectivity index (χ0) is 7.11. The first-order valence-corrected chi connectivity index (χ1v) is 4.75. The van der Waals surface area contributed by atoms with E-state index in [0.29, 0.717) is 5.25 Å². The molecule has 56 valence electrons. The van der Waals surface area contributed by atoms with Gasteiger partial charge in [0.05, 0.1) is 0 Å². The molecule has 1 atom stereocenters. The van der Waals surface area contributed by atoms with Gasteiger partial charge in [0.1, 0.15) is 0 Å². The molecule has 0 rings (SSSR count). The Morgan fingerprint density at radius 2 is 2.00 bits per heavy atom. The predicted molar refractivity (Wildman–Crippen MR) is 50.8 cm³/mol. The van der Waals surface area contributed by atoms with Crippen molar-refractivity contribution < 1.29 is 0 Å². The summed E-state index contributed by atoms with van der Waals surface area (Å²) in [5, 5.41) is 0.613. The minimum Gasteiger partial charge on any atom is -0.179 e. The molecular weight excluding hydrogens is 148 g/mol. The molecule has 0 aromatic rings. The van der Waals surface area contributed by atoms with Crippen molar-refractivity contribution in [3.05, 3.63) is 0 Å². The molecule has 0 bridgehead atoms. The van der Waals surface area contributed by atoms with E-state index >= 15 is 0 Å². The van der Waals surface area contributed by atoms with E-state index in [0.717, 1.165) is 5.75 Å². The van der Waals surface area contributed by atoms with Gasteiger partial charge in [-0.1, -0.05) is 13.3 Å². The van der Waals surface area contributed by atoms with E-state index in [1.165, 1.54) is 25.7 Å². The lowest BCUT2D eigenvalue weighted by Gasteiger charge is -2.06. The maximum absolute atomic E-state index is 4.41. The van der Waals surface area contributed by atoms with E-state index < -0.39 is 0 Å². The van der Waals surface area contributed by atoms with E-state index in [-0.39, 0.29) is 0 Å². The molecule has 9 heavy (non-hydrogen) atoms. The average molecular weight is 164 g/mol. The van der Waals surface area contributed by atoms with Gasteiger partial charge in [-0.3, -0.25) is 0 Å². The molecule has 0 saturated heterocycles. The Morgan fingerprint density at radius 3 is 2.44 bits per heavy atom. The molecule has 0 aromatic heterocycles. The SMILES string of the molecule is CCCC(S)CCCS. The van der Waals surface area contributed by atoms with E-state index in [9.17, 15) is 0 Å². The fourth-order valence-corrected chi connectivity index (χ4v) is 1.43. The highest BCUT2D eigenvalue weighted by atomic mass is 32.1. The van der Waals surface area contributed by atoms with Crippen LogP contribution in [0.4, 0.5) is 0 Å². The molecule has 0 amide bonds. The van der Waals surface area contributed by atoms with Crippen LogP contribution in [0.2, 0.25) is 0 Å². The summed E-state index contributed by atoms with van der Waals surface area (Å²) in [6.45, 7) is 2.20. The van der Waals surface area contributed by atoms with Crippen LogP contribution < -0.4 is 0 Å². The summed E-state index contributed by atoms with van der Waals surface area (Å²) in [4.78, 5) is 0. The van der Waals surface area contributed by atoms with Gasteiger partial charge >= 0.3 is 0 Å². The van der Waals surface area contributed by atoms with Crippen LogP contribution in [-0.2, 0) is 0 Å². The van der Waals surface area contributed by atoms with Crippen molar-refractivity contribution in [2.75, 3.05) is 5.75 Å². The van der Waals surface area contributed by atoms with Crippen molar-refractivity contribution in [1.29, 1.82) is 0 Å². The molecule has 0 heterocycles. The molecule has 0 spiro atoms. The van der Waals surface area contributed by atoms with Gasteiger partial charge in [-0.15, -0.1) is 0 Å². The van der Waals surface area contributed by atoms with E-state index in [1.807, 2.05) is 0 Å². The number of rotatable bonds is 5. The molecule has 0 fully saturated rings. The third-order valence-corrected chi connectivity index (χ3v) is 2.15. The van der Waals surface area contributed by atoms with Crippen LogP contribution in [0.15, 0.2) is 0 Å². The molecule has 0 aliphatic carbocycles. The highest BCUT2D eigenvalue weighted by Crippen LogP contribution is 2.11. The molecule has 0 aliphatic heterocycles. The summed E-state index contributed by atoms with van der Waals surface area (Å²) in [6, 6.07) is 0. The fourth-order valence-electron chi connectivity index (χ4n) is 0.804. The lowest BCUT2D eigenvalue weighted by atomic mass is 10.2. The summed E-state index contributed by atoms with van der Waals surface area (Å²) in [7, 11) is 0. The summed E-state index contributed by atoms with van der Waals surface area (Å²) in [5.74, 6) is 1.00. The monoisotopic (exact) mass is 164 g/mol. The third kappa shape index (κ3) is 6.59. The summed E-state index contributed by atoms with van der Waals surface area (Å²) >= 11 is 8.54. The third-order valence-electron chi connectivity index (χ3n) is 1.32. The van der Waals surface area contributed by atoms with Crippen molar-refractivity contribution >= 4 is 25.3 Å². The molecular formula is C7H16S2. The number of thiol groups is 2. The maximum Gasteiger partial charge on any atom is 0.00170 e. The van der Waals surface area contributed by atoms with Crippen molar-refractivity contribution in [3.63, 3.8) is 0 Å². The number of hydrogen-bond acceptors (Lipinski definition) is 2. The molecule has 2 heteroatoms. The van der Waals surface area contributed by atoms with Crippen LogP contribution in [0.3, 0.4) is 0 Å². The Balaban J connectivity index is 2.95. The second-order valence-corrected chi connectivity index (χ2v) is 3.49. The maximum atomic E-state index is 4.41. The fraction of sp³-hybridized carbons (Fsp3) is 1.00. The predicted octanol–water partition coefficient (Wildman–Crippen LogP) is 2.79. The summed E-state index contributed by atoms with van der Waals surface area (Å²) in [5.41, 5.74) is 0. The van der Waals surface area contributed by atoms with Gasteiger partial charge in [-0.25, -0.2) is 0 Å². The van der Waals surface area contributed by atoms with Crippen LogP contribution in [0.5, 0.6) is 0 Å². The standard InChI is InChI=1S/C7H16S2/c1-2-4-7(9)5-3-6-8/h7-9H,2-6H2,1H3. The Hall–Kier alpha value is 0.700. The van der Waals surface area contributed by atoms with E-state index in [4.69, 9.17) is 0 Å². The summed E-state index contributed by atoms with van der Waals surface area (Å²) < 4.78 is 0. The smallest absolute Gasteiger partial charge is 0.00170 e. The normalized spacial score (nSPS) is 13.7. The molecule has 0 radical (unpaired) electrons. The van der Waals surface area contributed by atoms with Gasteiger partial charge in [0.15, 0.2) is 0 Å². The van der Waals surface area contributed by atoms with Gasteiger partial charge in [0.2, 0.25) is 0 Å². The van der Waals surface area contributed by atoms with E-state index in [1.54, 1.807) is 0 Å². The lowest BCUT2D eigenvalue weighted by Crippen LogP contribution is -1.97. The Labute approximate surface area is 69.2 Å². The van der Waals surface area contributed by atoms with Crippen LogP contribution in [-0.4, -0.2) is 11.0 Å². The van der Waals surface area contributed by atoms with Gasteiger partial charge in [0.25, 0.3) is 0 Å². The van der Waals surface area contributed by atoms with Crippen LogP contribution in [0, 0.1) is 0 Å². The Kier molecular flexibility index (Phi) is 7.34. The average Bonchev–Trinajstić information content (AvgIpc) is 1.85. The molecule has 0 aromatic carbocycles. The Bertz CT molecular complexity index is 54.9. The zero-order valence-electron chi connectivity index (χ0n) is 6.01. The van der Waals surface area contributed by atoms with Crippen molar-refractivity contribution in [3.8, 4) is 0 Å². The Morgan fingerprint density at radius 1 is 1.33 bits per heavy atom. The highest BCUT2D eigenvalue weighted by molar-refractivity contribution is 7.81. The molecule has 1 unspecified atom stereocenters. The largest absolute Gasteiger partial charge is 0.179 e. The summed E-state index contributed by atoms with van der Waals surface area (Å²) in [6.07, 6.45) is 4.93. The van der Waals surface area contributed by atoms with Crippen LogP contribution >= 0.6 is 25.3 Å². The van der Waals surface area contributed by atoms with Crippen molar-refractivity contribution in [2.45, 2.75) is 37.9 Å². The zero-order valence-corrected chi connectivity index (χ0v) is 7.80. The van der Waals surface area contributed by atoms with Gasteiger partial charge in [-0.05, 0) is 25.0 Å². The first kappa shape index (κ1) is 9.70. The topological polar surface area (TPSA) is 0 Å². The van der Waals surface area contributed by atoms with Gasteiger partial charge in [-0.2, -0.15) is 25.3 Å². The molecule has 0 nitrogen and oxygen atoms in total. The minimum atomic E-state index is 0.613.